The molecule has 0 aliphatic carbocycles. The average Bonchev–Trinajstić information content (AvgIpc) is 2.77. The number of nitro groups is 1. The Bertz CT molecular complexity index is 427. The van der Waals surface area contributed by atoms with Gasteiger partial charge in [0.15, 0.2) is 5.69 Å². The summed E-state index contributed by atoms with van der Waals surface area (Å²) in [4.78, 5) is 25.5. The highest BCUT2D eigenvalue weighted by atomic mass is 16.6. The van der Waals surface area contributed by atoms with Crippen LogP contribution in [-0.2, 0) is 0 Å². The van der Waals surface area contributed by atoms with Crippen molar-refractivity contribution in [2.45, 2.75) is 0 Å². The van der Waals surface area contributed by atoms with Crippen LogP contribution in [0.1, 0.15) is 10.5 Å². The minimum absolute atomic E-state index is 0.118. The summed E-state index contributed by atoms with van der Waals surface area (Å²) in [5, 5.41) is 19.3. The summed E-state index contributed by atoms with van der Waals surface area (Å²) in [6.45, 7) is 3.74. The Morgan fingerprint density at radius 1 is 1.65 bits per heavy atom. The quantitative estimate of drug-likeness (QED) is 0.430. The van der Waals surface area contributed by atoms with Crippen molar-refractivity contribution in [1.29, 1.82) is 0 Å². The van der Waals surface area contributed by atoms with Gasteiger partial charge in [-0.3, -0.25) is 4.79 Å². The fourth-order valence-corrected chi connectivity index (χ4v) is 1.34. The van der Waals surface area contributed by atoms with E-state index in [1.165, 1.54) is 23.1 Å². The molecule has 0 saturated carbocycles. The van der Waals surface area contributed by atoms with Crippen molar-refractivity contribution < 1.29 is 14.8 Å². The van der Waals surface area contributed by atoms with Crippen LogP contribution < -0.4 is 0 Å². The molecule has 1 heterocycles. The van der Waals surface area contributed by atoms with Gasteiger partial charge in [-0.15, -0.1) is 6.58 Å². The Morgan fingerprint density at radius 3 is 2.82 bits per heavy atom. The van der Waals surface area contributed by atoms with Crippen LogP contribution >= 0.6 is 0 Å². The molecule has 0 aliphatic rings. The monoisotopic (exact) mass is 239 g/mol. The van der Waals surface area contributed by atoms with Crippen molar-refractivity contribution in [2.75, 3.05) is 19.7 Å². The van der Waals surface area contributed by atoms with E-state index in [0.29, 0.717) is 0 Å². The number of carbonyl (C=O) groups is 1. The number of nitrogens with one attached hydrogen (secondary N) is 1. The molecule has 0 aliphatic heterocycles. The number of hydrogen-bond donors (Lipinski definition) is 2. The van der Waals surface area contributed by atoms with E-state index in [-0.39, 0.29) is 31.2 Å². The molecular formula is C10H13N3O4. The fraction of sp³-hybridized carbons (Fsp3) is 0.300. The first-order valence-electron chi connectivity index (χ1n) is 4.94. The lowest BCUT2D eigenvalue weighted by molar-refractivity contribution is -0.389. The summed E-state index contributed by atoms with van der Waals surface area (Å²) >= 11 is 0. The number of amides is 1. The second-order valence-electron chi connectivity index (χ2n) is 3.28. The number of aliphatic hydroxyl groups excluding tert-OH is 1. The van der Waals surface area contributed by atoms with E-state index >= 15 is 0 Å². The predicted octanol–water partition coefficient (Wildman–Crippen LogP) is 0.543. The number of rotatable bonds is 6. The average molecular weight is 239 g/mol. The molecule has 1 amide bonds. The van der Waals surface area contributed by atoms with Gasteiger partial charge < -0.3 is 20.1 Å². The Hall–Kier alpha value is -2.15. The molecule has 0 saturated heterocycles. The molecule has 1 aromatic heterocycles. The second-order valence-corrected chi connectivity index (χ2v) is 3.28. The van der Waals surface area contributed by atoms with Gasteiger partial charge in [0.1, 0.15) is 0 Å². The van der Waals surface area contributed by atoms with Gasteiger partial charge in [-0.2, -0.15) is 0 Å². The van der Waals surface area contributed by atoms with Crippen molar-refractivity contribution in [1.82, 2.24) is 9.88 Å². The SMILES string of the molecule is C=CCN(CCO)C(=O)c1ccc([N+](=O)[O-])[nH]1. The van der Waals surface area contributed by atoms with Gasteiger partial charge in [-0.1, -0.05) is 6.08 Å². The van der Waals surface area contributed by atoms with Gasteiger partial charge in [0.2, 0.25) is 0 Å². The lowest BCUT2D eigenvalue weighted by Gasteiger charge is -2.17. The molecule has 0 bridgehead atoms. The zero-order valence-corrected chi connectivity index (χ0v) is 9.13. The van der Waals surface area contributed by atoms with Gasteiger partial charge in [0.25, 0.3) is 5.91 Å². The van der Waals surface area contributed by atoms with Crippen molar-refractivity contribution >= 4 is 11.7 Å². The van der Waals surface area contributed by atoms with E-state index < -0.39 is 10.8 Å². The van der Waals surface area contributed by atoms with E-state index in [0.717, 1.165) is 0 Å². The van der Waals surface area contributed by atoms with Gasteiger partial charge in [-0.05, 0) is 11.0 Å². The van der Waals surface area contributed by atoms with Crippen molar-refractivity contribution in [3.8, 4) is 0 Å². The van der Waals surface area contributed by atoms with Crippen LogP contribution in [-0.4, -0.2) is 45.5 Å². The molecule has 2 N–H and O–H groups in total. The number of carbonyl (C=O) groups excluding carboxylic acids is 1. The number of hydrogen-bond acceptors (Lipinski definition) is 4. The summed E-state index contributed by atoms with van der Waals surface area (Å²) in [5.41, 5.74) is 0.118. The second kappa shape index (κ2) is 5.80. The maximum Gasteiger partial charge on any atom is 0.321 e. The van der Waals surface area contributed by atoms with Gasteiger partial charge in [-0.25, -0.2) is 4.98 Å². The number of nitrogens with zero attached hydrogens (tertiary/aromatic N) is 2. The topological polar surface area (TPSA) is 99.5 Å². The first-order chi connectivity index (χ1) is 8.10. The van der Waals surface area contributed by atoms with Gasteiger partial charge >= 0.3 is 5.82 Å². The van der Waals surface area contributed by atoms with Crippen LogP contribution in [0.2, 0.25) is 0 Å². The van der Waals surface area contributed by atoms with Crippen LogP contribution in [0.5, 0.6) is 0 Å². The molecule has 1 aromatic rings. The summed E-state index contributed by atoms with van der Waals surface area (Å²) in [6.07, 6.45) is 1.52. The third kappa shape index (κ3) is 3.15. The molecule has 17 heavy (non-hydrogen) atoms. The normalized spacial score (nSPS) is 9.94. The summed E-state index contributed by atoms with van der Waals surface area (Å²) in [5.74, 6) is -0.650. The molecule has 0 aromatic carbocycles. The maximum atomic E-state index is 11.9. The van der Waals surface area contributed by atoms with Crippen LogP contribution in [0.15, 0.2) is 24.8 Å². The van der Waals surface area contributed by atoms with Crippen LogP contribution in [0.4, 0.5) is 5.82 Å². The highest BCUT2D eigenvalue weighted by Crippen LogP contribution is 2.11. The molecule has 92 valence electrons. The smallest absolute Gasteiger partial charge is 0.321 e. The van der Waals surface area contributed by atoms with Gasteiger partial charge in [0, 0.05) is 19.2 Å². The minimum Gasteiger partial charge on any atom is -0.395 e. The Kier molecular flexibility index (Phi) is 4.41. The highest BCUT2D eigenvalue weighted by Gasteiger charge is 2.20. The fourth-order valence-electron chi connectivity index (χ4n) is 1.34. The van der Waals surface area contributed by atoms with Crippen LogP contribution in [0, 0.1) is 10.1 Å². The molecular weight excluding hydrogens is 226 g/mol. The summed E-state index contributed by atoms with van der Waals surface area (Å²) in [7, 11) is 0. The Balaban J connectivity index is 2.84. The molecule has 0 atom stereocenters. The van der Waals surface area contributed by atoms with Crippen LogP contribution in [0.25, 0.3) is 0 Å². The van der Waals surface area contributed by atoms with Crippen molar-refractivity contribution in [3.05, 3.63) is 40.6 Å². The first-order valence-corrected chi connectivity index (χ1v) is 4.94. The molecule has 7 nitrogen and oxygen atoms in total. The molecule has 0 fully saturated rings. The van der Waals surface area contributed by atoms with E-state index in [4.69, 9.17) is 5.11 Å². The third-order valence-electron chi connectivity index (χ3n) is 2.10. The van der Waals surface area contributed by atoms with E-state index in [9.17, 15) is 14.9 Å². The molecule has 0 spiro atoms. The van der Waals surface area contributed by atoms with Crippen molar-refractivity contribution in [2.24, 2.45) is 0 Å². The van der Waals surface area contributed by atoms with E-state index in [1.54, 1.807) is 0 Å². The third-order valence-corrected chi connectivity index (χ3v) is 2.10. The molecule has 7 heteroatoms. The zero-order valence-electron chi connectivity index (χ0n) is 9.13. The lowest BCUT2D eigenvalue weighted by atomic mass is 10.3. The standard InChI is InChI=1S/C10H13N3O4/c1-2-5-12(6-7-14)10(15)8-3-4-9(11-8)13(16)17/h2-4,11,14H,1,5-7H2. The summed E-state index contributed by atoms with van der Waals surface area (Å²) in [6, 6.07) is 2.56. The molecule has 0 unspecified atom stereocenters. The van der Waals surface area contributed by atoms with E-state index in [2.05, 4.69) is 11.6 Å². The van der Waals surface area contributed by atoms with Crippen molar-refractivity contribution in [3.63, 3.8) is 0 Å². The number of aromatic nitrogens is 1. The zero-order chi connectivity index (χ0) is 12.8. The Morgan fingerprint density at radius 2 is 2.35 bits per heavy atom. The van der Waals surface area contributed by atoms with Gasteiger partial charge in [0.05, 0.1) is 6.61 Å². The van der Waals surface area contributed by atoms with Crippen LogP contribution in [0.3, 0.4) is 0 Å². The number of H-pyrrole nitrogens is 1. The lowest BCUT2D eigenvalue weighted by Crippen LogP contribution is -2.33. The van der Waals surface area contributed by atoms with E-state index in [1.807, 2.05) is 0 Å². The minimum atomic E-state index is -0.610. The molecule has 1 rings (SSSR count). The Labute approximate surface area is 97.5 Å². The number of aromatic amines is 1. The highest BCUT2D eigenvalue weighted by molar-refractivity contribution is 5.93. The molecule has 0 radical (unpaired) electrons. The predicted molar refractivity (Wildman–Crippen MR) is 60.6 cm³/mol. The first kappa shape index (κ1) is 12.9. The number of aliphatic hydroxyl groups is 1. The summed E-state index contributed by atoms with van der Waals surface area (Å²) < 4.78 is 0. The largest absolute Gasteiger partial charge is 0.395 e. The maximum absolute atomic E-state index is 11.9.